The van der Waals surface area contributed by atoms with Gasteiger partial charge in [-0.1, -0.05) is 60.7 Å². The minimum atomic E-state index is -0.00514. The fourth-order valence-corrected chi connectivity index (χ4v) is 3.40. The summed E-state index contributed by atoms with van der Waals surface area (Å²) >= 11 is 0. The zero-order chi connectivity index (χ0) is 21.3. The van der Waals surface area contributed by atoms with Gasteiger partial charge in [-0.3, -0.25) is 4.79 Å². The van der Waals surface area contributed by atoms with Gasteiger partial charge in [0.1, 0.15) is 12.4 Å². The van der Waals surface area contributed by atoms with Gasteiger partial charge < -0.3 is 15.4 Å². The SMILES string of the molecule is CC(=O)NCCNCc1ccc(C)c(OCc2cccc(-c3ccccc3)c2C)c1. The molecule has 0 aromatic heterocycles. The molecule has 156 valence electrons. The third-order valence-corrected chi connectivity index (χ3v) is 5.17. The first-order valence-corrected chi connectivity index (χ1v) is 10.4. The maximum atomic E-state index is 10.9. The predicted octanol–water partition coefficient (Wildman–Crippen LogP) is 4.78. The molecule has 0 atom stereocenters. The van der Waals surface area contributed by atoms with Crippen molar-refractivity contribution in [3.63, 3.8) is 0 Å². The maximum Gasteiger partial charge on any atom is 0.216 e. The fraction of sp³-hybridized carbons (Fsp3) is 0.269. The Labute approximate surface area is 179 Å². The minimum absolute atomic E-state index is 0.00514. The molecule has 0 aliphatic rings. The van der Waals surface area contributed by atoms with Crippen LogP contribution >= 0.6 is 0 Å². The Bertz CT molecular complexity index is 984. The number of carbonyl (C=O) groups excluding carboxylic acids is 1. The second-order valence-corrected chi connectivity index (χ2v) is 7.50. The van der Waals surface area contributed by atoms with Crippen LogP contribution in [0.1, 0.15) is 29.2 Å². The lowest BCUT2D eigenvalue weighted by Gasteiger charge is -2.15. The van der Waals surface area contributed by atoms with E-state index in [-0.39, 0.29) is 5.91 Å². The van der Waals surface area contributed by atoms with Gasteiger partial charge in [0.2, 0.25) is 5.91 Å². The van der Waals surface area contributed by atoms with E-state index in [2.05, 4.69) is 85.1 Å². The Morgan fingerprint density at radius 3 is 2.50 bits per heavy atom. The first-order chi connectivity index (χ1) is 14.5. The van der Waals surface area contributed by atoms with Gasteiger partial charge in [0.15, 0.2) is 0 Å². The van der Waals surface area contributed by atoms with E-state index in [4.69, 9.17) is 4.74 Å². The van der Waals surface area contributed by atoms with Crippen LogP contribution in [-0.4, -0.2) is 19.0 Å². The second-order valence-electron chi connectivity index (χ2n) is 7.50. The molecular formula is C26H30N2O2. The molecule has 0 aliphatic heterocycles. The molecular weight excluding hydrogens is 372 g/mol. The topological polar surface area (TPSA) is 50.4 Å². The van der Waals surface area contributed by atoms with Gasteiger partial charge in [0.25, 0.3) is 0 Å². The van der Waals surface area contributed by atoms with E-state index in [0.29, 0.717) is 13.2 Å². The molecule has 0 aliphatic carbocycles. The number of amides is 1. The quantitative estimate of drug-likeness (QED) is 0.507. The normalized spacial score (nSPS) is 10.6. The van der Waals surface area contributed by atoms with Crippen LogP contribution in [0.3, 0.4) is 0 Å². The summed E-state index contributed by atoms with van der Waals surface area (Å²) in [5, 5.41) is 6.13. The van der Waals surface area contributed by atoms with E-state index >= 15 is 0 Å². The summed E-state index contributed by atoms with van der Waals surface area (Å²) in [5.41, 5.74) is 7.18. The first kappa shape index (κ1) is 21.6. The summed E-state index contributed by atoms with van der Waals surface area (Å²) in [6.07, 6.45) is 0. The molecule has 0 radical (unpaired) electrons. The van der Waals surface area contributed by atoms with Gasteiger partial charge in [-0.25, -0.2) is 0 Å². The van der Waals surface area contributed by atoms with Crippen LogP contribution in [0.15, 0.2) is 66.7 Å². The Hall–Kier alpha value is -3.11. The molecule has 0 saturated carbocycles. The third-order valence-electron chi connectivity index (χ3n) is 5.17. The van der Waals surface area contributed by atoms with Crippen LogP contribution < -0.4 is 15.4 Å². The van der Waals surface area contributed by atoms with Crippen LogP contribution in [-0.2, 0) is 17.9 Å². The summed E-state index contributed by atoms with van der Waals surface area (Å²) < 4.78 is 6.21. The standard InChI is InChI=1S/C26H30N2O2/c1-19-12-13-22(17-27-14-15-28-21(3)29)16-26(19)30-18-24-10-7-11-25(20(24)2)23-8-5-4-6-9-23/h4-13,16,27H,14-15,17-18H2,1-3H3,(H,28,29). The van der Waals surface area contributed by atoms with Gasteiger partial charge >= 0.3 is 0 Å². The zero-order valence-corrected chi connectivity index (χ0v) is 18.0. The van der Waals surface area contributed by atoms with Gasteiger partial charge in [-0.2, -0.15) is 0 Å². The molecule has 0 spiro atoms. The van der Waals surface area contributed by atoms with Crippen molar-refractivity contribution in [3.8, 4) is 16.9 Å². The lowest BCUT2D eigenvalue weighted by Crippen LogP contribution is -2.29. The van der Waals surface area contributed by atoms with E-state index in [1.807, 2.05) is 6.07 Å². The Balaban J connectivity index is 1.64. The number of rotatable bonds is 9. The highest BCUT2D eigenvalue weighted by Crippen LogP contribution is 2.27. The molecule has 3 rings (SSSR count). The zero-order valence-electron chi connectivity index (χ0n) is 18.0. The van der Waals surface area contributed by atoms with E-state index < -0.39 is 0 Å². The molecule has 0 heterocycles. The van der Waals surface area contributed by atoms with Crippen molar-refractivity contribution in [2.45, 2.75) is 33.9 Å². The molecule has 0 unspecified atom stereocenters. The van der Waals surface area contributed by atoms with Gasteiger partial charge in [-0.05, 0) is 53.3 Å². The van der Waals surface area contributed by atoms with Crippen molar-refractivity contribution >= 4 is 5.91 Å². The van der Waals surface area contributed by atoms with Crippen molar-refractivity contribution in [2.75, 3.05) is 13.1 Å². The summed E-state index contributed by atoms with van der Waals surface area (Å²) in [4.78, 5) is 10.9. The summed E-state index contributed by atoms with van der Waals surface area (Å²) in [5.74, 6) is 0.898. The van der Waals surface area contributed by atoms with Crippen LogP contribution in [0.2, 0.25) is 0 Å². The monoisotopic (exact) mass is 402 g/mol. The Kier molecular flexibility index (Phi) is 7.63. The molecule has 4 heteroatoms. The first-order valence-electron chi connectivity index (χ1n) is 10.4. The summed E-state index contributed by atoms with van der Waals surface area (Å²) in [7, 11) is 0. The van der Waals surface area contributed by atoms with Crippen molar-refractivity contribution in [1.29, 1.82) is 0 Å². The average Bonchev–Trinajstić information content (AvgIpc) is 2.75. The molecule has 3 aromatic rings. The van der Waals surface area contributed by atoms with Crippen molar-refractivity contribution in [2.24, 2.45) is 0 Å². The van der Waals surface area contributed by atoms with Crippen LogP contribution in [0.25, 0.3) is 11.1 Å². The number of hydrogen-bond acceptors (Lipinski definition) is 3. The van der Waals surface area contributed by atoms with Gasteiger partial charge in [0, 0.05) is 26.6 Å². The molecule has 1 amide bonds. The Morgan fingerprint density at radius 2 is 1.73 bits per heavy atom. The van der Waals surface area contributed by atoms with Crippen LogP contribution in [0.4, 0.5) is 0 Å². The maximum absolute atomic E-state index is 10.9. The molecule has 4 nitrogen and oxygen atoms in total. The van der Waals surface area contributed by atoms with Crippen molar-refractivity contribution in [3.05, 3.63) is 89.0 Å². The molecule has 30 heavy (non-hydrogen) atoms. The summed E-state index contributed by atoms with van der Waals surface area (Å²) in [6, 6.07) is 23.1. The molecule has 0 bridgehead atoms. The van der Waals surface area contributed by atoms with Gasteiger partial charge in [-0.15, -0.1) is 0 Å². The minimum Gasteiger partial charge on any atom is -0.489 e. The van der Waals surface area contributed by atoms with Crippen LogP contribution in [0, 0.1) is 13.8 Å². The van der Waals surface area contributed by atoms with E-state index in [9.17, 15) is 4.79 Å². The number of carbonyl (C=O) groups is 1. The lowest BCUT2D eigenvalue weighted by atomic mass is 9.97. The summed E-state index contributed by atoms with van der Waals surface area (Å²) in [6.45, 7) is 8.38. The largest absolute Gasteiger partial charge is 0.489 e. The van der Waals surface area contributed by atoms with E-state index in [0.717, 1.165) is 30.0 Å². The number of aryl methyl sites for hydroxylation is 1. The predicted molar refractivity (Wildman–Crippen MR) is 123 cm³/mol. The molecule has 3 aromatic carbocycles. The van der Waals surface area contributed by atoms with Gasteiger partial charge in [0.05, 0.1) is 0 Å². The highest BCUT2D eigenvalue weighted by molar-refractivity contribution is 5.72. The van der Waals surface area contributed by atoms with E-state index in [1.54, 1.807) is 0 Å². The Morgan fingerprint density at radius 1 is 0.933 bits per heavy atom. The fourth-order valence-electron chi connectivity index (χ4n) is 3.40. The molecule has 0 fully saturated rings. The number of hydrogen-bond donors (Lipinski definition) is 2. The third kappa shape index (κ3) is 5.94. The van der Waals surface area contributed by atoms with Crippen molar-refractivity contribution in [1.82, 2.24) is 10.6 Å². The van der Waals surface area contributed by atoms with Crippen LogP contribution in [0.5, 0.6) is 5.75 Å². The number of nitrogens with one attached hydrogen (secondary N) is 2. The number of ether oxygens (including phenoxy) is 1. The van der Waals surface area contributed by atoms with E-state index in [1.165, 1.54) is 29.2 Å². The second kappa shape index (κ2) is 10.6. The average molecular weight is 403 g/mol. The lowest BCUT2D eigenvalue weighted by molar-refractivity contribution is -0.118. The molecule has 0 saturated heterocycles. The highest BCUT2D eigenvalue weighted by Gasteiger charge is 2.08. The highest BCUT2D eigenvalue weighted by atomic mass is 16.5. The number of benzene rings is 3. The van der Waals surface area contributed by atoms with Crippen molar-refractivity contribution < 1.29 is 9.53 Å². The smallest absolute Gasteiger partial charge is 0.216 e. The molecule has 2 N–H and O–H groups in total.